The van der Waals surface area contributed by atoms with Crippen LogP contribution in [-0.4, -0.2) is 48.6 Å². The molecule has 3 atom stereocenters. The third kappa shape index (κ3) is 5.37. The maximum atomic E-state index is 12.5. The molecule has 2 fully saturated rings. The lowest BCUT2D eigenvalue weighted by Crippen LogP contribution is -2.50. The molecule has 8 heteroatoms. The molecule has 2 aromatic rings. The lowest BCUT2D eigenvalue weighted by Gasteiger charge is -2.39. The number of carbonyl (C=O) groups is 2. The number of ether oxygens (including phenoxy) is 2. The number of esters is 1. The van der Waals surface area contributed by atoms with Gasteiger partial charge in [-0.2, -0.15) is 0 Å². The van der Waals surface area contributed by atoms with Crippen molar-refractivity contribution in [3.63, 3.8) is 0 Å². The molecule has 1 N–H and O–H groups in total. The van der Waals surface area contributed by atoms with Gasteiger partial charge in [-0.1, -0.05) is 35.3 Å². The molecule has 0 radical (unpaired) electrons. The summed E-state index contributed by atoms with van der Waals surface area (Å²) in [4.78, 5) is 27.0. The summed E-state index contributed by atoms with van der Waals surface area (Å²) in [5.74, 6) is -0.492. The van der Waals surface area contributed by atoms with E-state index in [1.54, 1.807) is 12.1 Å². The zero-order valence-corrected chi connectivity index (χ0v) is 19.4. The Balaban J connectivity index is 1.30. The average molecular weight is 477 g/mol. The molecular weight excluding hydrogens is 451 g/mol. The van der Waals surface area contributed by atoms with Gasteiger partial charge in [-0.3, -0.25) is 9.69 Å². The molecule has 2 saturated heterocycles. The molecule has 0 spiro atoms. The first-order valence-corrected chi connectivity index (χ1v) is 11.5. The topological polar surface area (TPSA) is 67.9 Å². The van der Waals surface area contributed by atoms with Crippen molar-refractivity contribution in [3.8, 4) is 5.75 Å². The van der Waals surface area contributed by atoms with Crippen LogP contribution in [0.3, 0.4) is 0 Å². The number of amides is 1. The molecule has 170 valence electrons. The Hall–Kier alpha value is -2.28. The Morgan fingerprint density at radius 2 is 1.69 bits per heavy atom. The highest BCUT2D eigenvalue weighted by Gasteiger charge is 2.40. The molecule has 4 rings (SSSR count). The number of halogens is 2. The molecular formula is C24H26Cl2N2O4. The summed E-state index contributed by atoms with van der Waals surface area (Å²) in [5.41, 5.74) is 1.45. The lowest BCUT2D eigenvalue weighted by atomic mass is 9.96. The van der Waals surface area contributed by atoms with Crippen molar-refractivity contribution < 1.29 is 19.1 Å². The SMILES string of the molecule is COC(=O)c1cc(Cl)ccc1OCC(=O)N[C@H]1C[C@H]2CC[C@@H](C1)N2Cc1ccc(Cl)cc1. The van der Waals surface area contributed by atoms with Gasteiger partial charge < -0.3 is 14.8 Å². The fraction of sp³-hybridized carbons (Fsp3) is 0.417. The molecule has 2 aliphatic rings. The molecule has 0 unspecified atom stereocenters. The molecule has 2 aliphatic heterocycles. The highest BCUT2D eigenvalue weighted by molar-refractivity contribution is 6.31. The van der Waals surface area contributed by atoms with Gasteiger partial charge in [0, 0.05) is 34.7 Å². The second kappa shape index (κ2) is 10.1. The van der Waals surface area contributed by atoms with Gasteiger partial charge in [-0.05, 0) is 61.6 Å². The van der Waals surface area contributed by atoms with E-state index >= 15 is 0 Å². The van der Waals surface area contributed by atoms with Gasteiger partial charge in [0.05, 0.1) is 7.11 Å². The van der Waals surface area contributed by atoms with E-state index in [4.69, 9.17) is 32.7 Å². The smallest absolute Gasteiger partial charge is 0.341 e. The van der Waals surface area contributed by atoms with Crippen molar-refractivity contribution in [2.24, 2.45) is 0 Å². The zero-order chi connectivity index (χ0) is 22.7. The number of rotatable bonds is 7. The third-order valence-electron chi connectivity index (χ3n) is 6.23. The molecule has 2 heterocycles. The standard InChI is InChI=1S/C24H26Cl2N2O4/c1-31-24(30)21-10-17(26)6-9-22(21)32-14-23(29)27-18-11-19-7-8-20(12-18)28(19)13-15-2-4-16(25)5-3-15/h2-6,9-10,18-20H,7-8,11-14H2,1H3,(H,27,29)/t18-,19+,20-. The van der Waals surface area contributed by atoms with Crippen LogP contribution < -0.4 is 10.1 Å². The second-order valence-corrected chi connectivity index (χ2v) is 9.21. The molecule has 0 aliphatic carbocycles. The van der Waals surface area contributed by atoms with Gasteiger partial charge in [-0.15, -0.1) is 0 Å². The van der Waals surface area contributed by atoms with Crippen LogP contribution in [0.25, 0.3) is 0 Å². The summed E-state index contributed by atoms with van der Waals surface area (Å²) < 4.78 is 10.4. The summed E-state index contributed by atoms with van der Waals surface area (Å²) in [6.45, 7) is 0.731. The second-order valence-electron chi connectivity index (χ2n) is 8.34. The van der Waals surface area contributed by atoms with Crippen molar-refractivity contribution >= 4 is 35.1 Å². The molecule has 0 saturated carbocycles. The number of hydrogen-bond donors (Lipinski definition) is 1. The van der Waals surface area contributed by atoms with Gasteiger partial charge >= 0.3 is 5.97 Å². The van der Waals surface area contributed by atoms with E-state index in [9.17, 15) is 9.59 Å². The Labute approximate surface area is 197 Å². The monoisotopic (exact) mass is 476 g/mol. The summed E-state index contributed by atoms with van der Waals surface area (Å²) in [6, 6.07) is 13.7. The maximum Gasteiger partial charge on any atom is 0.341 e. The van der Waals surface area contributed by atoms with E-state index in [1.807, 2.05) is 12.1 Å². The largest absolute Gasteiger partial charge is 0.483 e. The highest BCUT2D eigenvalue weighted by Crippen LogP contribution is 2.37. The average Bonchev–Trinajstić information content (AvgIpc) is 3.01. The Kier molecular flexibility index (Phi) is 7.23. The minimum absolute atomic E-state index is 0.121. The van der Waals surface area contributed by atoms with Crippen molar-refractivity contribution in [3.05, 3.63) is 63.6 Å². The lowest BCUT2D eigenvalue weighted by molar-refractivity contribution is -0.124. The van der Waals surface area contributed by atoms with Gasteiger partial charge in [-0.25, -0.2) is 4.79 Å². The Bertz CT molecular complexity index is 968. The quantitative estimate of drug-likeness (QED) is 0.597. The fourth-order valence-electron chi connectivity index (χ4n) is 4.76. The minimum atomic E-state index is -0.562. The Morgan fingerprint density at radius 3 is 2.34 bits per heavy atom. The van der Waals surface area contributed by atoms with Gasteiger partial charge in [0.15, 0.2) is 6.61 Å². The maximum absolute atomic E-state index is 12.5. The first-order valence-electron chi connectivity index (χ1n) is 10.7. The summed E-state index contributed by atoms with van der Waals surface area (Å²) >= 11 is 12.0. The van der Waals surface area contributed by atoms with E-state index in [2.05, 4.69) is 22.3 Å². The van der Waals surface area contributed by atoms with Crippen molar-refractivity contribution in [2.75, 3.05) is 13.7 Å². The number of benzene rings is 2. The highest BCUT2D eigenvalue weighted by atomic mass is 35.5. The first-order chi connectivity index (χ1) is 15.4. The molecule has 2 bridgehead atoms. The van der Waals surface area contributed by atoms with Crippen LogP contribution in [-0.2, 0) is 16.1 Å². The summed E-state index contributed by atoms with van der Waals surface area (Å²) in [6.07, 6.45) is 4.14. The van der Waals surface area contributed by atoms with Crippen LogP contribution >= 0.6 is 23.2 Å². The van der Waals surface area contributed by atoms with Gasteiger partial charge in [0.25, 0.3) is 5.91 Å². The molecule has 1 amide bonds. The van der Waals surface area contributed by atoms with E-state index in [1.165, 1.54) is 18.7 Å². The number of piperidine rings is 1. The van der Waals surface area contributed by atoms with Gasteiger partial charge in [0.2, 0.25) is 0 Å². The molecule has 0 aromatic heterocycles. The van der Waals surface area contributed by atoms with Crippen molar-refractivity contribution in [1.82, 2.24) is 10.2 Å². The molecule has 2 aromatic carbocycles. The molecule has 32 heavy (non-hydrogen) atoms. The third-order valence-corrected chi connectivity index (χ3v) is 6.72. The van der Waals surface area contributed by atoms with E-state index in [-0.39, 0.29) is 29.9 Å². The number of fused-ring (bicyclic) bond motifs is 2. The van der Waals surface area contributed by atoms with Crippen LogP contribution in [0, 0.1) is 0 Å². The zero-order valence-electron chi connectivity index (χ0n) is 17.9. The number of hydrogen-bond acceptors (Lipinski definition) is 5. The normalized spacial score (nSPS) is 22.4. The number of carbonyl (C=O) groups excluding carboxylic acids is 2. The summed E-state index contributed by atoms with van der Waals surface area (Å²) in [7, 11) is 1.29. The van der Waals surface area contributed by atoms with Crippen molar-refractivity contribution in [2.45, 2.75) is 50.4 Å². The summed E-state index contributed by atoms with van der Waals surface area (Å²) in [5, 5.41) is 4.25. The predicted octanol–water partition coefficient (Wildman–Crippen LogP) is 4.47. The van der Waals surface area contributed by atoms with Crippen molar-refractivity contribution in [1.29, 1.82) is 0 Å². The van der Waals surface area contributed by atoms with Crippen LogP contribution in [0.1, 0.15) is 41.6 Å². The van der Waals surface area contributed by atoms with Crippen LogP contribution in [0.5, 0.6) is 5.75 Å². The number of nitrogens with zero attached hydrogens (tertiary/aromatic N) is 1. The van der Waals surface area contributed by atoms with Crippen LogP contribution in [0.2, 0.25) is 10.0 Å². The van der Waals surface area contributed by atoms with Crippen LogP contribution in [0.15, 0.2) is 42.5 Å². The number of methoxy groups -OCH3 is 1. The van der Waals surface area contributed by atoms with Gasteiger partial charge in [0.1, 0.15) is 11.3 Å². The van der Waals surface area contributed by atoms with E-state index < -0.39 is 5.97 Å². The Morgan fingerprint density at radius 1 is 1.03 bits per heavy atom. The minimum Gasteiger partial charge on any atom is -0.483 e. The van der Waals surface area contributed by atoms with E-state index in [0.29, 0.717) is 17.1 Å². The number of nitrogens with one attached hydrogen (secondary N) is 1. The van der Waals surface area contributed by atoms with Crippen LogP contribution in [0.4, 0.5) is 0 Å². The molecule has 6 nitrogen and oxygen atoms in total. The first kappa shape index (κ1) is 22.9. The van der Waals surface area contributed by atoms with E-state index in [0.717, 1.165) is 37.3 Å². The fourth-order valence-corrected chi connectivity index (χ4v) is 5.06. The predicted molar refractivity (Wildman–Crippen MR) is 123 cm³/mol.